The number of hydrogen-bond donors (Lipinski definition) is 2. The third-order valence-electron chi connectivity index (χ3n) is 14.7. The van der Waals surface area contributed by atoms with Crippen LogP contribution in [0, 0.1) is 11.3 Å². The van der Waals surface area contributed by atoms with Crippen molar-refractivity contribution in [1.29, 1.82) is 0 Å². The van der Waals surface area contributed by atoms with E-state index in [1.807, 2.05) is 18.2 Å². The molecule has 0 bridgehead atoms. The maximum atomic E-state index is 13.4. The number of imide groups is 1. The van der Waals surface area contributed by atoms with Crippen LogP contribution in [-0.4, -0.2) is 90.6 Å². The van der Waals surface area contributed by atoms with Gasteiger partial charge in [0.25, 0.3) is 5.91 Å². The van der Waals surface area contributed by atoms with E-state index in [0.717, 1.165) is 69.1 Å². The van der Waals surface area contributed by atoms with Crippen molar-refractivity contribution in [3.8, 4) is 11.5 Å². The third kappa shape index (κ3) is 6.14. The molecule has 11 rings (SSSR count). The molecule has 2 N–H and O–H groups in total. The molecule has 0 aromatic heterocycles. The number of aromatic hydroxyl groups is 1. The Morgan fingerprint density at radius 2 is 1.67 bits per heavy atom. The Bertz CT molecular complexity index is 2290. The molecule has 4 fully saturated rings. The average molecular weight is 778 g/mol. The number of benzene rings is 4. The van der Waals surface area contributed by atoms with Crippen molar-refractivity contribution >= 4 is 29.1 Å². The maximum absolute atomic E-state index is 13.4. The Balaban J connectivity index is 0.707. The normalized spacial score (nSPS) is 27.3. The molecule has 4 aromatic carbocycles. The van der Waals surface area contributed by atoms with E-state index >= 15 is 0 Å². The van der Waals surface area contributed by atoms with Gasteiger partial charge in [0, 0.05) is 74.8 Å². The summed E-state index contributed by atoms with van der Waals surface area (Å²) in [5.74, 6) is 1.66. The number of ether oxygens (including phenoxy) is 1. The average Bonchev–Trinajstić information content (AvgIpc) is 3.79. The minimum absolute atomic E-state index is 0.161. The van der Waals surface area contributed by atoms with E-state index in [1.165, 1.54) is 47.2 Å². The standard InChI is InChI=1S/C48H51N5O5/c54-37-11-13-39-33(20-37)8-12-38(31-4-2-1-3-5-31)45(39)32-6-9-35(10-7-32)51-28-48(29-51)17-16-30(23-48)24-50-18-19-52-36(26-50)27-58-43-22-40-34(21-42(43)52)25-53(47(40)57)41-14-15-44(55)49-46(41)56/h1-7,9-11,13,20-22,30,36,38,41,45,54H,8,12,14-19,23-29H2,(H,49,55,56)/t30?,36-,38+,41?,45-/m0/s1. The molecule has 5 atom stereocenters. The summed E-state index contributed by atoms with van der Waals surface area (Å²) in [5.41, 5.74) is 9.67. The summed E-state index contributed by atoms with van der Waals surface area (Å²) in [6, 6.07) is 29.9. The number of carbonyl (C=O) groups excluding carboxylic acids is 3. The van der Waals surface area contributed by atoms with Crippen LogP contribution in [0.25, 0.3) is 0 Å². The number of amides is 3. The van der Waals surface area contributed by atoms with Gasteiger partial charge in [0.2, 0.25) is 11.8 Å². The zero-order valence-electron chi connectivity index (χ0n) is 32.9. The van der Waals surface area contributed by atoms with Crippen LogP contribution < -0.4 is 19.9 Å². The van der Waals surface area contributed by atoms with E-state index in [0.29, 0.717) is 48.1 Å². The van der Waals surface area contributed by atoms with Gasteiger partial charge in [-0.25, -0.2) is 0 Å². The summed E-state index contributed by atoms with van der Waals surface area (Å²) in [7, 11) is 0. The summed E-state index contributed by atoms with van der Waals surface area (Å²) in [6.07, 6.45) is 6.55. The van der Waals surface area contributed by atoms with E-state index in [1.54, 1.807) is 4.90 Å². The zero-order chi connectivity index (χ0) is 39.1. The van der Waals surface area contributed by atoms with Crippen LogP contribution in [0.15, 0.2) is 84.9 Å². The predicted octanol–water partition coefficient (Wildman–Crippen LogP) is 6.20. The van der Waals surface area contributed by atoms with Crippen molar-refractivity contribution < 1.29 is 24.2 Å². The first-order chi connectivity index (χ1) is 28.3. The van der Waals surface area contributed by atoms with E-state index in [2.05, 4.69) is 86.7 Å². The van der Waals surface area contributed by atoms with Gasteiger partial charge >= 0.3 is 0 Å². The van der Waals surface area contributed by atoms with E-state index in [4.69, 9.17) is 4.74 Å². The van der Waals surface area contributed by atoms with Crippen LogP contribution in [0.4, 0.5) is 11.4 Å². The number of phenolic OH excluding ortho intramolecular Hbond substituents is 1. The number of carbonyl (C=O) groups is 3. The number of fused-ring (bicyclic) bond motifs is 5. The minimum Gasteiger partial charge on any atom is -0.508 e. The second-order valence-electron chi connectivity index (χ2n) is 18.3. The van der Waals surface area contributed by atoms with Gasteiger partial charge in [0.15, 0.2) is 0 Å². The molecule has 0 radical (unpaired) electrons. The molecule has 5 heterocycles. The molecule has 2 unspecified atom stereocenters. The lowest BCUT2D eigenvalue weighted by Gasteiger charge is -2.50. The molecular weight excluding hydrogens is 727 g/mol. The molecule has 3 saturated heterocycles. The number of nitrogens with zero attached hydrogens (tertiary/aromatic N) is 4. The summed E-state index contributed by atoms with van der Waals surface area (Å²) in [4.78, 5) is 47.0. The molecule has 7 aliphatic rings. The van der Waals surface area contributed by atoms with Crippen LogP contribution in [0.1, 0.15) is 88.5 Å². The molecule has 10 nitrogen and oxygen atoms in total. The summed E-state index contributed by atoms with van der Waals surface area (Å²) < 4.78 is 6.32. The molecule has 1 saturated carbocycles. The highest BCUT2D eigenvalue weighted by atomic mass is 16.5. The molecule has 2 aliphatic carbocycles. The van der Waals surface area contributed by atoms with Gasteiger partial charge in [0.1, 0.15) is 24.1 Å². The quantitative estimate of drug-likeness (QED) is 0.223. The largest absolute Gasteiger partial charge is 0.508 e. The second-order valence-corrected chi connectivity index (χ2v) is 18.3. The lowest BCUT2D eigenvalue weighted by atomic mass is 9.69. The van der Waals surface area contributed by atoms with Crippen LogP contribution in [0.3, 0.4) is 0 Å². The summed E-state index contributed by atoms with van der Waals surface area (Å²) in [6.45, 7) is 7.28. The van der Waals surface area contributed by atoms with Gasteiger partial charge in [-0.05, 0) is 115 Å². The number of rotatable bonds is 6. The molecule has 1 spiro atoms. The first-order valence-electron chi connectivity index (χ1n) is 21.4. The number of piperazine rings is 1. The fourth-order valence-electron chi connectivity index (χ4n) is 11.9. The van der Waals surface area contributed by atoms with Gasteiger partial charge in [-0.3, -0.25) is 24.6 Å². The minimum atomic E-state index is -0.617. The topological polar surface area (TPSA) is 106 Å². The Morgan fingerprint density at radius 1 is 0.828 bits per heavy atom. The maximum Gasteiger partial charge on any atom is 0.255 e. The molecule has 5 aliphatic heterocycles. The van der Waals surface area contributed by atoms with Gasteiger partial charge < -0.3 is 24.5 Å². The van der Waals surface area contributed by atoms with Crippen molar-refractivity contribution in [2.45, 2.75) is 75.4 Å². The van der Waals surface area contributed by atoms with E-state index < -0.39 is 6.04 Å². The Kier molecular flexibility index (Phi) is 8.57. The zero-order valence-corrected chi connectivity index (χ0v) is 32.9. The third-order valence-corrected chi connectivity index (χ3v) is 14.7. The second kappa shape index (κ2) is 13.9. The summed E-state index contributed by atoms with van der Waals surface area (Å²) >= 11 is 0. The highest BCUT2D eigenvalue weighted by molar-refractivity contribution is 6.06. The number of phenols is 1. The molecule has 4 aromatic rings. The van der Waals surface area contributed by atoms with E-state index in [9.17, 15) is 19.5 Å². The monoisotopic (exact) mass is 777 g/mol. The Labute approximate surface area is 339 Å². The number of hydrogen-bond acceptors (Lipinski definition) is 8. The van der Waals surface area contributed by atoms with Gasteiger partial charge in [-0.15, -0.1) is 0 Å². The Morgan fingerprint density at radius 3 is 2.50 bits per heavy atom. The van der Waals surface area contributed by atoms with Gasteiger partial charge in [-0.1, -0.05) is 48.5 Å². The van der Waals surface area contributed by atoms with Crippen molar-refractivity contribution in [3.05, 3.63) is 118 Å². The van der Waals surface area contributed by atoms with E-state index in [-0.39, 0.29) is 36.1 Å². The first-order valence-corrected chi connectivity index (χ1v) is 21.4. The Hall–Kier alpha value is -5.35. The predicted molar refractivity (Wildman–Crippen MR) is 221 cm³/mol. The van der Waals surface area contributed by atoms with Gasteiger partial charge in [-0.2, -0.15) is 0 Å². The van der Waals surface area contributed by atoms with Crippen molar-refractivity contribution in [3.63, 3.8) is 0 Å². The first kappa shape index (κ1) is 35.8. The summed E-state index contributed by atoms with van der Waals surface area (Å²) in [5, 5.41) is 12.7. The highest BCUT2D eigenvalue weighted by Gasteiger charge is 2.49. The smallest absolute Gasteiger partial charge is 0.255 e. The van der Waals surface area contributed by atoms with Crippen molar-refractivity contribution in [2.24, 2.45) is 11.3 Å². The lowest BCUT2D eigenvalue weighted by molar-refractivity contribution is -0.136. The molecular formula is C48H51N5O5. The van der Waals surface area contributed by atoms with Gasteiger partial charge in [0.05, 0.1) is 11.7 Å². The fourth-order valence-corrected chi connectivity index (χ4v) is 11.9. The number of aryl methyl sites for hydroxylation is 1. The van der Waals surface area contributed by atoms with Crippen molar-refractivity contribution in [2.75, 3.05) is 55.7 Å². The number of piperidine rings is 1. The van der Waals surface area contributed by atoms with Crippen molar-refractivity contribution in [1.82, 2.24) is 15.1 Å². The fraction of sp³-hybridized carbons (Fsp3) is 0.438. The SMILES string of the molecule is O=C1CCC(N2Cc3cc4c(cc3C2=O)OC[C@@H]2CN(CC3CCC5(C3)CN(c3ccc([C@@H]6c7ccc(O)cc7CC[C@@H]6c6ccccc6)cc3)C5)CCN42)C(=O)N1. The molecule has 298 valence electrons. The molecule has 58 heavy (non-hydrogen) atoms. The lowest BCUT2D eigenvalue weighted by Crippen LogP contribution is -2.58. The van der Waals surface area contributed by atoms with Crippen LogP contribution >= 0.6 is 0 Å². The van der Waals surface area contributed by atoms with Crippen LogP contribution in [0.5, 0.6) is 11.5 Å². The number of anilines is 2. The van der Waals surface area contributed by atoms with Crippen LogP contribution in [0.2, 0.25) is 0 Å². The number of nitrogens with one attached hydrogen (secondary N) is 1. The van der Waals surface area contributed by atoms with Crippen LogP contribution in [-0.2, 0) is 22.6 Å². The highest BCUT2D eigenvalue weighted by Crippen LogP contribution is 2.51. The molecule has 10 heteroatoms. The molecule has 3 amide bonds.